The van der Waals surface area contributed by atoms with Gasteiger partial charge in [0.15, 0.2) is 5.82 Å². The van der Waals surface area contributed by atoms with Crippen molar-refractivity contribution >= 4 is 0 Å². The first kappa shape index (κ1) is 12.4. The highest BCUT2D eigenvalue weighted by Gasteiger charge is 2.04. The first-order valence-electron chi connectivity index (χ1n) is 5.61. The Hall–Kier alpha value is -1.64. The molecule has 0 N–H and O–H groups in total. The molecule has 1 aromatic carbocycles. The Labute approximate surface area is 97.1 Å². The Morgan fingerprint density at radius 2 is 1.56 bits per heavy atom. The molecule has 86 valence electrons. The smallest absolute Gasteiger partial charge is 0.181 e. The van der Waals surface area contributed by atoms with E-state index < -0.39 is 0 Å². The van der Waals surface area contributed by atoms with E-state index in [9.17, 15) is 0 Å². The predicted octanol–water partition coefficient (Wildman–Crippen LogP) is 3.13. The summed E-state index contributed by atoms with van der Waals surface area (Å²) in [7, 11) is 1.90. The Bertz CT molecular complexity index is 421. The lowest BCUT2D eigenvalue weighted by Crippen LogP contribution is -1.92. The predicted molar refractivity (Wildman–Crippen MR) is 67.3 cm³/mol. The monoisotopic (exact) mass is 217 g/mol. The molecule has 0 atom stereocenters. The molecule has 1 aromatic heterocycles. The summed E-state index contributed by atoms with van der Waals surface area (Å²) in [5.41, 5.74) is 2.32. The quantitative estimate of drug-likeness (QED) is 0.734. The Kier molecular flexibility index (Phi) is 4.23. The summed E-state index contributed by atoms with van der Waals surface area (Å²) in [6, 6.07) is 8.23. The van der Waals surface area contributed by atoms with Gasteiger partial charge in [-0.3, -0.25) is 4.68 Å². The van der Waals surface area contributed by atoms with Crippen LogP contribution in [0.15, 0.2) is 24.3 Å². The highest BCUT2D eigenvalue weighted by molar-refractivity contribution is 5.54. The van der Waals surface area contributed by atoms with Gasteiger partial charge in [0.2, 0.25) is 0 Å². The van der Waals surface area contributed by atoms with Crippen LogP contribution in [0.3, 0.4) is 0 Å². The lowest BCUT2D eigenvalue weighted by Gasteiger charge is -1.95. The van der Waals surface area contributed by atoms with E-state index in [0.29, 0.717) is 0 Å². The van der Waals surface area contributed by atoms with E-state index in [-0.39, 0.29) is 0 Å². The fourth-order valence-corrected chi connectivity index (χ4v) is 1.29. The number of hydrogen-bond acceptors (Lipinski definition) is 2. The van der Waals surface area contributed by atoms with Gasteiger partial charge in [0, 0.05) is 12.6 Å². The summed E-state index contributed by atoms with van der Waals surface area (Å²) in [6.45, 7) is 8.02. The Balaban J connectivity index is 0.000000606. The number of aromatic nitrogens is 3. The standard InChI is InChI=1S/C11H13N3.C2H6/c1-8-4-6-10(7-5-8)11-12-9(2)14(3)13-11;1-2/h4-7H,1-3H3;1-2H3. The van der Waals surface area contributed by atoms with Crippen LogP contribution in [0.5, 0.6) is 0 Å². The number of hydrogen-bond donors (Lipinski definition) is 0. The zero-order valence-electron chi connectivity index (χ0n) is 10.7. The molecule has 0 fully saturated rings. The second-order valence-electron chi connectivity index (χ2n) is 3.47. The SMILES string of the molecule is CC.Cc1ccc(-c2nc(C)n(C)n2)cc1. The third kappa shape index (κ3) is 2.69. The summed E-state index contributed by atoms with van der Waals surface area (Å²) in [4.78, 5) is 4.36. The highest BCUT2D eigenvalue weighted by atomic mass is 15.3. The molecule has 3 nitrogen and oxygen atoms in total. The number of nitrogens with zero attached hydrogens (tertiary/aromatic N) is 3. The van der Waals surface area contributed by atoms with Crippen LogP contribution < -0.4 is 0 Å². The van der Waals surface area contributed by atoms with Crippen molar-refractivity contribution in [2.75, 3.05) is 0 Å². The summed E-state index contributed by atoms with van der Waals surface area (Å²) < 4.78 is 1.79. The van der Waals surface area contributed by atoms with Crippen molar-refractivity contribution < 1.29 is 0 Å². The van der Waals surface area contributed by atoms with Crippen LogP contribution in [0.1, 0.15) is 25.2 Å². The molecule has 0 aliphatic carbocycles. The molecule has 0 saturated heterocycles. The molecule has 0 amide bonds. The van der Waals surface area contributed by atoms with Gasteiger partial charge in [0.05, 0.1) is 0 Å². The topological polar surface area (TPSA) is 30.7 Å². The minimum absolute atomic E-state index is 0.796. The van der Waals surface area contributed by atoms with Crippen molar-refractivity contribution in [3.05, 3.63) is 35.7 Å². The zero-order valence-corrected chi connectivity index (χ0v) is 10.7. The molecule has 0 bridgehead atoms. The van der Waals surface area contributed by atoms with E-state index >= 15 is 0 Å². The fourth-order valence-electron chi connectivity index (χ4n) is 1.29. The van der Waals surface area contributed by atoms with Crippen LogP contribution in [0.25, 0.3) is 11.4 Å². The van der Waals surface area contributed by atoms with E-state index in [1.165, 1.54) is 5.56 Å². The first-order valence-corrected chi connectivity index (χ1v) is 5.61. The van der Waals surface area contributed by atoms with E-state index in [4.69, 9.17) is 0 Å². The van der Waals surface area contributed by atoms with Crippen LogP contribution in [-0.2, 0) is 7.05 Å². The largest absolute Gasteiger partial charge is 0.253 e. The van der Waals surface area contributed by atoms with Crippen molar-refractivity contribution in [1.82, 2.24) is 14.8 Å². The van der Waals surface area contributed by atoms with Crippen LogP contribution in [-0.4, -0.2) is 14.8 Å². The number of rotatable bonds is 1. The molecule has 0 spiro atoms. The maximum absolute atomic E-state index is 4.36. The van der Waals surface area contributed by atoms with Crippen LogP contribution >= 0.6 is 0 Å². The number of benzene rings is 1. The van der Waals surface area contributed by atoms with Crippen molar-refractivity contribution in [2.24, 2.45) is 7.05 Å². The van der Waals surface area contributed by atoms with Gasteiger partial charge in [-0.2, -0.15) is 5.10 Å². The molecule has 2 aromatic rings. The van der Waals surface area contributed by atoms with Gasteiger partial charge < -0.3 is 0 Å². The molecule has 0 saturated carbocycles. The van der Waals surface area contributed by atoms with Crippen molar-refractivity contribution in [3.63, 3.8) is 0 Å². The third-order valence-electron chi connectivity index (χ3n) is 2.29. The molecule has 2 rings (SSSR count). The number of aryl methyl sites for hydroxylation is 3. The maximum Gasteiger partial charge on any atom is 0.181 e. The molecule has 3 heteroatoms. The summed E-state index contributed by atoms with van der Waals surface area (Å²) in [5.74, 6) is 1.73. The van der Waals surface area contributed by atoms with Gasteiger partial charge >= 0.3 is 0 Å². The van der Waals surface area contributed by atoms with E-state index in [1.807, 2.05) is 40.0 Å². The Morgan fingerprint density at radius 1 is 1.00 bits per heavy atom. The van der Waals surface area contributed by atoms with Crippen molar-refractivity contribution in [1.29, 1.82) is 0 Å². The lowest BCUT2D eigenvalue weighted by molar-refractivity contribution is 0.736. The van der Waals surface area contributed by atoms with Gasteiger partial charge in [0.1, 0.15) is 5.82 Å². The normalized spacial score (nSPS) is 9.56. The second kappa shape index (κ2) is 5.45. The zero-order chi connectivity index (χ0) is 12.1. The summed E-state index contributed by atoms with van der Waals surface area (Å²) in [6.07, 6.45) is 0. The fraction of sp³-hybridized carbons (Fsp3) is 0.385. The molecule has 1 heterocycles. The lowest BCUT2D eigenvalue weighted by atomic mass is 10.1. The van der Waals surface area contributed by atoms with Crippen LogP contribution in [0.2, 0.25) is 0 Å². The minimum Gasteiger partial charge on any atom is -0.253 e. The van der Waals surface area contributed by atoms with Crippen molar-refractivity contribution in [2.45, 2.75) is 27.7 Å². The molecule has 0 aliphatic rings. The van der Waals surface area contributed by atoms with Gasteiger partial charge in [-0.05, 0) is 13.8 Å². The molecule has 0 unspecified atom stereocenters. The molecule has 0 radical (unpaired) electrons. The maximum atomic E-state index is 4.36. The van der Waals surface area contributed by atoms with Crippen LogP contribution in [0.4, 0.5) is 0 Å². The van der Waals surface area contributed by atoms with Gasteiger partial charge in [-0.25, -0.2) is 4.98 Å². The highest BCUT2D eigenvalue weighted by Crippen LogP contribution is 2.15. The molecule has 16 heavy (non-hydrogen) atoms. The van der Waals surface area contributed by atoms with Gasteiger partial charge in [0.25, 0.3) is 0 Å². The third-order valence-corrected chi connectivity index (χ3v) is 2.29. The molecule has 0 aliphatic heterocycles. The summed E-state index contributed by atoms with van der Waals surface area (Å²) >= 11 is 0. The van der Waals surface area contributed by atoms with E-state index in [0.717, 1.165) is 17.2 Å². The summed E-state index contributed by atoms with van der Waals surface area (Å²) in [5, 5.41) is 4.32. The second-order valence-corrected chi connectivity index (χ2v) is 3.47. The van der Waals surface area contributed by atoms with E-state index in [2.05, 4.69) is 29.1 Å². The van der Waals surface area contributed by atoms with E-state index in [1.54, 1.807) is 4.68 Å². The van der Waals surface area contributed by atoms with Crippen molar-refractivity contribution in [3.8, 4) is 11.4 Å². The molecular formula is C13H19N3. The minimum atomic E-state index is 0.796. The average molecular weight is 217 g/mol. The Morgan fingerprint density at radius 3 is 2.00 bits per heavy atom. The first-order chi connectivity index (χ1) is 7.66. The van der Waals surface area contributed by atoms with Gasteiger partial charge in [-0.1, -0.05) is 43.7 Å². The average Bonchev–Trinajstić information content (AvgIpc) is 2.63. The van der Waals surface area contributed by atoms with Crippen LogP contribution in [0, 0.1) is 13.8 Å². The molecular weight excluding hydrogens is 198 g/mol. The van der Waals surface area contributed by atoms with Gasteiger partial charge in [-0.15, -0.1) is 0 Å².